The van der Waals surface area contributed by atoms with E-state index < -0.39 is 38.4 Å². The molecule has 0 aliphatic heterocycles. The van der Waals surface area contributed by atoms with Gasteiger partial charge in [-0.05, 0) is 12.1 Å². The van der Waals surface area contributed by atoms with E-state index in [9.17, 15) is 21.6 Å². The van der Waals surface area contributed by atoms with Crippen molar-refractivity contribution < 1.29 is 35.8 Å². The van der Waals surface area contributed by atoms with Gasteiger partial charge in [0.05, 0.1) is 26.9 Å². The normalized spacial score (nSPS) is 12.1. The van der Waals surface area contributed by atoms with Crippen LogP contribution in [0, 0.1) is 0 Å². The first-order valence-corrected chi connectivity index (χ1v) is 9.22. The van der Waals surface area contributed by atoms with E-state index in [0.717, 1.165) is 23.9 Å². The first kappa shape index (κ1) is 20.4. The minimum Gasteiger partial charge on any atom is -0.495 e. The van der Waals surface area contributed by atoms with Crippen molar-refractivity contribution in [3.63, 3.8) is 0 Å². The average molecular weight is 433 g/mol. The quantitative estimate of drug-likeness (QED) is 0.627. The largest absolute Gasteiger partial charge is 0.495 e. The Bertz CT molecular complexity index is 1160. The Balaban J connectivity index is 2.12. The number of benzene rings is 1. The Labute approximate surface area is 162 Å². The average Bonchev–Trinajstić information content (AvgIpc) is 3.07. The van der Waals surface area contributed by atoms with Gasteiger partial charge in [0.1, 0.15) is 10.6 Å². The number of fused-ring (bicyclic) bond motifs is 1. The van der Waals surface area contributed by atoms with E-state index in [1.165, 1.54) is 20.3 Å². The van der Waals surface area contributed by atoms with E-state index >= 15 is 0 Å². The molecule has 0 unspecified atom stereocenters. The van der Waals surface area contributed by atoms with Gasteiger partial charge in [0.25, 0.3) is 16.0 Å². The van der Waals surface area contributed by atoms with Gasteiger partial charge >= 0.3 is 6.18 Å². The summed E-state index contributed by atoms with van der Waals surface area (Å²) in [6.45, 7) is 0. The minimum atomic E-state index is -4.94. The summed E-state index contributed by atoms with van der Waals surface area (Å²) < 4.78 is 83.3. The second-order valence-corrected chi connectivity index (χ2v) is 7.06. The first-order valence-electron chi connectivity index (χ1n) is 7.74. The maximum absolute atomic E-state index is 13.4. The lowest BCUT2D eigenvalue weighted by Crippen LogP contribution is -2.20. The highest BCUT2D eigenvalue weighted by Crippen LogP contribution is 2.39. The van der Waals surface area contributed by atoms with Crippen molar-refractivity contribution in [3.05, 3.63) is 29.8 Å². The molecule has 1 aromatic carbocycles. The first-order chi connectivity index (χ1) is 13.6. The van der Waals surface area contributed by atoms with Gasteiger partial charge in [-0.1, -0.05) is 6.07 Å². The Kier molecular flexibility index (Phi) is 5.13. The molecule has 0 radical (unpaired) electrons. The SMILES string of the molecule is COc1cc(OC)c2nc(NS(=O)(=O)c3c(OC)cccc3C(F)(F)F)nn2n1. The van der Waals surface area contributed by atoms with Gasteiger partial charge in [-0.25, -0.2) is 13.1 Å². The molecule has 0 atom stereocenters. The molecule has 3 rings (SSSR count). The lowest BCUT2D eigenvalue weighted by atomic mass is 10.2. The number of nitrogens with zero attached hydrogens (tertiary/aromatic N) is 4. The van der Waals surface area contributed by atoms with Crippen LogP contribution in [0.5, 0.6) is 17.4 Å². The van der Waals surface area contributed by atoms with E-state index in [1.807, 2.05) is 4.72 Å². The van der Waals surface area contributed by atoms with Crippen molar-refractivity contribution in [1.29, 1.82) is 0 Å². The van der Waals surface area contributed by atoms with Crippen molar-refractivity contribution in [2.75, 3.05) is 26.1 Å². The second-order valence-electron chi connectivity index (χ2n) is 5.44. The van der Waals surface area contributed by atoms with Crippen LogP contribution in [0.2, 0.25) is 0 Å². The molecular weight excluding hydrogens is 419 g/mol. The van der Waals surface area contributed by atoms with Crippen LogP contribution in [0.1, 0.15) is 5.56 Å². The van der Waals surface area contributed by atoms with Gasteiger partial charge in [0, 0.05) is 6.07 Å². The fourth-order valence-electron chi connectivity index (χ4n) is 2.47. The molecule has 0 aliphatic rings. The number of hydrogen-bond donors (Lipinski definition) is 1. The minimum absolute atomic E-state index is 0.0158. The van der Waals surface area contributed by atoms with Crippen molar-refractivity contribution in [2.24, 2.45) is 0 Å². The number of halogens is 3. The standard InChI is InChI=1S/C15H14F3N5O5S/c1-26-9-6-4-5-8(15(16,17)18)12(9)29(24,25)22-14-19-13-10(27-2)7-11(28-3)20-23(13)21-14/h4-7H,1-3H3,(H,21,22). The van der Waals surface area contributed by atoms with Crippen molar-refractivity contribution in [2.45, 2.75) is 11.1 Å². The monoisotopic (exact) mass is 433 g/mol. The zero-order chi connectivity index (χ0) is 21.4. The number of aromatic nitrogens is 4. The summed E-state index contributed by atoms with van der Waals surface area (Å²) in [5.41, 5.74) is -1.38. The van der Waals surface area contributed by atoms with Gasteiger partial charge in [-0.15, -0.1) is 14.8 Å². The number of sulfonamides is 1. The molecular formula is C15H14F3N5O5S. The maximum Gasteiger partial charge on any atom is 0.417 e. The summed E-state index contributed by atoms with van der Waals surface area (Å²) in [4.78, 5) is 2.82. The molecule has 156 valence electrons. The van der Waals surface area contributed by atoms with Crippen LogP contribution >= 0.6 is 0 Å². The highest BCUT2D eigenvalue weighted by atomic mass is 32.2. The lowest BCUT2D eigenvalue weighted by molar-refractivity contribution is -0.140. The highest BCUT2D eigenvalue weighted by molar-refractivity contribution is 7.92. The van der Waals surface area contributed by atoms with Gasteiger partial charge < -0.3 is 14.2 Å². The number of hydrogen-bond acceptors (Lipinski definition) is 8. The van der Waals surface area contributed by atoms with Gasteiger partial charge in [-0.2, -0.15) is 18.2 Å². The van der Waals surface area contributed by atoms with E-state index in [4.69, 9.17) is 14.2 Å². The third-order valence-corrected chi connectivity index (χ3v) is 5.10. The number of methoxy groups -OCH3 is 3. The summed E-state index contributed by atoms with van der Waals surface area (Å²) in [6.07, 6.45) is -4.94. The second kappa shape index (κ2) is 7.27. The van der Waals surface area contributed by atoms with Gasteiger partial charge in [0.2, 0.25) is 11.5 Å². The van der Waals surface area contributed by atoms with Crippen LogP contribution < -0.4 is 18.9 Å². The predicted molar refractivity (Wildman–Crippen MR) is 92.7 cm³/mol. The van der Waals surface area contributed by atoms with Crippen LogP contribution in [0.15, 0.2) is 29.2 Å². The third kappa shape index (κ3) is 3.83. The maximum atomic E-state index is 13.4. The molecule has 2 aromatic heterocycles. The molecule has 29 heavy (non-hydrogen) atoms. The lowest BCUT2D eigenvalue weighted by Gasteiger charge is -2.16. The van der Waals surface area contributed by atoms with Crippen molar-refractivity contribution in [1.82, 2.24) is 19.8 Å². The third-order valence-electron chi connectivity index (χ3n) is 3.69. The fourth-order valence-corrected chi connectivity index (χ4v) is 3.79. The molecule has 0 spiro atoms. The number of rotatable bonds is 6. The number of ether oxygens (including phenoxy) is 3. The van der Waals surface area contributed by atoms with E-state index in [1.54, 1.807) is 0 Å². The van der Waals surface area contributed by atoms with Crippen LogP contribution in [0.25, 0.3) is 5.65 Å². The molecule has 0 amide bonds. The summed E-state index contributed by atoms with van der Waals surface area (Å²) in [7, 11) is -1.06. The molecule has 10 nitrogen and oxygen atoms in total. The Morgan fingerprint density at radius 3 is 2.31 bits per heavy atom. The van der Waals surface area contributed by atoms with E-state index in [-0.39, 0.29) is 17.3 Å². The van der Waals surface area contributed by atoms with Crippen molar-refractivity contribution in [3.8, 4) is 17.4 Å². The zero-order valence-corrected chi connectivity index (χ0v) is 16.0. The molecule has 3 aromatic rings. The molecule has 0 bridgehead atoms. The molecule has 14 heteroatoms. The van der Waals surface area contributed by atoms with E-state index in [2.05, 4.69) is 15.2 Å². The highest BCUT2D eigenvalue weighted by Gasteiger charge is 2.39. The van der Waals surface area contributed by atoms with Crippen molar-refractivity contribution >= 4 is 21.6 Å². The molecule has 2 heterocycles. The van der Waals surface area contributed by atoms with Crippen LogP contribution in [-0.2, 0) is 16.2 Å². The summed E-state index contributed by atoms with van der Waals surface area (Å²) in [5.74, 6) is -0.766. The van der Waals surface area contributed by atoms with E-state index in [0.29, 0.717) is 6.07 Å². The Hall–Kier alpha value is -3.29. The molecule has 0 fully saturated rings. The molecule has 1 N–H and O–H groups in total. The Morgan fingerprint density at radius 1 is 1.03 bits per heavy atom. The summed E-state index contributed by atoms with van der Waals surface area (Å²) in [6, 6.07) is 4.13. The van der Waals surface area contributed by atoms with Crippen LogP contribution in [0.4, 0.5) is 19.1 Å². The molecule has 0 aliphatic carbocycles. The van der Waals surface area contributed by atoms with Gasteiger partial charge in [0.15, 0.2) is 5.75 Å². The van der Waals surface area contributed by atoms with Gasteiger partial charge in [-0.3, -0.25) is 0 Å². The molecule has 0 saturated heterocycles. The van der Waals surface area contributed by atoms with Crippen LogP contribution in [0.3, 0.4) is 0 Å². The number of nitrogens with one attached hydrogen (secondary N) is 1. The fraction of sp³-hybridized carbons (Fsp3) is 0.267. The smallest absolute Gasteiger partial charge is 0.417 e. The summed E-state index contributed by atoms with van der Waals surface area (Å²) in [5, 5.41) is 7.73. The Morgan fingerprint density at radius 2 is 1.72 bits per heavy atom. The number of alkyl halides is 3. The van der Waals surface area contributed by atoms with Crippen LogP contribution in [-0.4, -0.2) is 49.6 Å². The summed E-state index contributed by atoms with van der Waals surface area (Å²) >= 11 is 0. The molecule has 0 saturated carbocycles. The number of anilines is 1. The zero-order valence-electron chi connectivity index (χ0n) is 15.2. The topological polar surface area (TPSA) is 117 Å². The predicted octanol–water partition coefficient (Wildman–Crippen LogP) is 1.97.